The predicted molar refractivity (Wildman–Crippen MR) is 69.4 cm³/mol. The fourth-order valence-electron chi connectivity index (χ4n) is 1.74. The summed E-state index contributed by atoms with van der Waals surface area (Å²) in [6.07, 6.45) is 1.82. The van der Waals surface area contributed by atoms with Crippen LogP contribution in [0.3, 0.4) is 0 Å². The smallest absolute Gasteiger partial charge is 0.325 e. The van der Waals surface area contributed by atoms with Crippen LogP contribution < -0.4 is 0 Å². The van der Waals surface area contributed by atoms with Crippen molar-refractivity contribution in [1.82, 2.24) is 4.57 Å². The molecule has 0 aliphatic carbocycles. The van der Waals surface area contributed by atoms with Gasteiger partial charge >= 0.3 is 5.97 Å². The number of ether oxygens (including phenoxy) is 1. The Labute approximate surface area is 105 Å². The van der Waals surface area contributed by atoms with Crippen molar-refractivity contribution in [2.75, 3.05) is 6.61 Å². The molecule has 0 amide bonds. The largest absolute Gasteiger partial charge is 0.465 e. The van der Waals surface area contributed by atoms with Crippen LogP contribution in [0.25, 0.3) is 10.9 Å². The van der Waals surface area contributed by atoms with E-state index in [0.717, 1.165) is 15.4 Å². The Morgan fingerprint density at radius 2 is 2.12 bits per heavy atom. The van der Waals surface area contributed by atoms with Gasteiger partial charge in [0.1, 0.15) is 6.54 Å². The Balaban J connectivity index is 2.45. The monoisotopic (exact) mass is 247 g/mol. The highest BCUT2D eigenvalue weighted by Gasteiger charge is 2.05. The molecule has 1 heterocycles. The quantitative estimate of drug-likeness (QED) is 0.617. The molecule has 4 heteroatoms. The van der Waals surface area contributed by atoms with E-state index < -0.39 is 0 Å². The van der Waals surface area contributed by atoms with E-state index in [2.05, 4.69) is 0 Å². The second-order valence-corrected chi connectivity index (χ2v) is 4.07. The molecule has 0 N–H and O–H groups in total. The molecule has 1 aromatic carbocycles. The average molecular weight is 247 g/mol. The molecule has 0 spiro atoms. The summed E-state index contributed by atoms with van der Waals surface area (Å²) >= 11 is 5.25. The first kappa shape index (κ1) is 11.8. The summed E-state index contributed by atoms with van der Waals surface area (Å²) in [5.74, 6) is -0.236. The van der Waals surface area contributed by atoms with E-state index in [1.807, 2.05) is 41.1 Å². The van der Waals surface area contributed by atoms with E-state index in [-0.39, 0.29) is 12.5 Å². The lowest BCUT2D eigenvalue weighted by atomic mass is 10.2. The number of pyridine rings is 1. The SMILES string of the molecule is CCOC(=O)Cn1ccc(=S)c2ccccc21. The van der Waals surface area contributed by atoms with Crippen LogP contribution in [0.1, 0.15) is 6.92 Å². The van der Waals surface area contributed by atoms with Crippen LogP contribution in [-0.4, -0.2) is 17.1 Å². The maximum atomic E-state index is 11.5. The molecule has 0 saturated heterocycles. The minimum Gasteiger partial charge on any atom is -0.465 e. The van der Waals surface area contributed by atoms with Gasteiger partial charge in [0.25, 0.3) is 0 Å². The number of para-hydroxylation sites is 1. The molecule has 2 aromatic rings. The molecule has 0 aliphatic heterocycles. The molecule has 0 bridgehead atoms. The van der Waals surface area contributed by atoms with Gasteiger partial charge in [0.2, 0.25) is 0 Å². The van der Waals surface area contributed by atoms with Crippen LogP contribution in [0.2, 0.25) is 0 Å². The van der Waals surface area contributed by atoms with Crippen molar-refractivity contribution in [1.29, 1.82) is 0 Å². The molecular weight excluding hydrogens is 234 g/mol. The highest BCUT2D eigenvalue weighted by Crippen LogP contribution is 2.15. The van der Waals surface area contributed by atoms with Gasteiger partial charge in [-0.3, -0.25) is 4.79 Å². The number of benzene rings is 1. The van der Waals surface area contributed by atoms with Gasteiger partial charge in [0.15, 0.2) is 0 Å². The van der Waals surface area contributed by atoms with Crippen molar-refractivity contribution in [2.24, 2.45) is 0 Å². The number of carbonyl (C=O) groups is 1. The Bertz CT molecular complexity index is 604. The van der Waals surface area contributed by atoms with Crippen LogP contribution >= 0.6 is 12.2 Å². The van der Waals surface area contributed by atoms with Gasteiger partial charge in [-0.05, 0) is 19.1 Å². The van der Waals surface area contributed by atoms with Crippen LogP contribution in [0.5, 0.6) is 0 Å². The summed E-state index contributed by atoms with van der Waals surface area (Å²) in [4.78, 5) is 11.5. The molecule has 0 radical (unpaired) electrons. The molecule has 88 valence electrons. The van der Waals surface area contributed by atoms with Gasteiger partial charge < -0.3 is 9.30 Å². The molecule has 0 aliphatic rings. The lowest BCUT2D eigenvalue weighted by molar-refractivity contribution is -0.143. The third kappa shape index (κ3) is 2.53. The first-order valence-electron chi connectivity index (χ1n) is 5.46. The summed E-state index contributed by atoms with van der Waals surface area (Å²) in [7, 11) is 0. The van der Waals surface area contributed by atoms with Gasteiger partial charge in [-0.1, -0.05) is 30.4 Å². The highest BCUT2D eigenvalue weighted by atomic mass is 32.1. The lowest BCUT2D eigenvalue weighted by Crippen LogP contribution is -2.13. The van der Waals surface area contributed by atoms with E-state index in [4.69, 9.17) is 17.0 Å². The third-order valence-electron chi connectivity index (χ3n) is 2.49. The minimum absolute atomic E-state index is 0.212. The van der Waals surface area contributed by atoms with Crippen molar-refractivity contribution < 1.29 is 9.53 Å². The second kappa shape index (κ2) is 5.10. The summed E-state index contributed by atoms with van der Waals surface area (Å²) in [6, 6.07) is 9.60. The van der Waals surface area contributed by atoms with Gasteiger partial charge in [-0.25, -0.2) is 0 Å². The van der Waals surface area contributed by atoms with Crippen molar-refractivity contribution >= 4 is 29.1 Å². The van der Waals surface area contributed by atoms with Crippen LogP contribution in [0.4, 0.5) is 0 Å². The number of carbonyl (C=O) groups excluding carboxylic acids is 1. The molecule has 3 nitrogen and oxygen atoms in total. The summed E-state index contributed by atoms with van der Waals surface area (Å²) < 4.78 is 7.58. The Morgan fingerprint density at radius 1 is 1.35 bits per heavy atom. The predicted octanol–water partition coefficient (Wildman–Crippen LogP) is 2.93. The average Bonchev–Trinajstić information content (AvgIpc) is 2.34. The fourth-order valence-corrected chi connectivity index (χ4v) is 1.98. The van der Waals surface area contributed by atoms with Crippen molar-refractivity contribution in [2.45, 2.75) is 13.5 Å². The normalized spacial score (nSPS) is 10.4. The number of esters is 1. The van der Waals surface area contributed by atoms with Crippen LogP contribution in [0.15, 0.2) is 36.5 Å². The van der Waals surface area contributed by atoms with Gasteiger partial charge in [-0.15, -0.1) is 0 Å². The van der Waals surface area contributed by atoms with Gasteiger partial charge in [0, 0.05) is 21.6 Å². The molecule has 0 atom stereocenters. The summed E-state index contributed by atoms with van der Waals surface area (Å²) in [5.41, 5.74) is 0.952. The van der Waals surface area contributed by atoms with Gasteiger partial charge in [0.05, 0.1) is 6.61 Å². The zero-order valence-electron chi connectivity index (χ0n) is 9.55. The van der Waals surface area contributed by atoms with E-state index in [1.54, 1.807) is 6.92 Å². The number of nitrogens with zero attached hydrogens (tertiary/aromatic N) is 1. The number of hydrogen-bond donors (Lipinski definition) is 0. The Morgan fingerprint density at radius 3 is 2.88 bits per heavy atom. The zero-order chi connectivity index (χ0) is 12.3. The molecule has 2 rings (SSSR count). The first-order chi connectivity index (χ1) is 8.22. The van der Waals surface area contributed by atoms with Crippen molar-refractivity contribution in [3.05, 3.63) is 41.0 Å². The minimum atomic E-state index is -0.236. The van der Waals surface area contributed by atoms with Gasteiger partial charge in [-0.2, -0.15) is 0 Å². The Kier molecular flexibility index (Phi) is 3.54. The number of fused-ring (bicyclic) bond motifs is 1. The van der Waals surface area contributed by atoms with Crippen molar-refractivity contribution in [3.8, 4) is 0 Å². The Hall–Kier alpha value is -1.68. The van der Waals surface area contributed by atoms with Crippen molar-refractivity contribution in [3.63, 3.8) is 0 Å². The van der Waals surface area contributed by atoms with E-state index in [0.29, 0.717) is 6.61 Å². The molecule has 0 unspecified atom stereocenters. The summed E-state index contributed by atoms with van der Waals surface area (Å²) in [6.45, 7) is 2.41. The standard InChI is InChI=1S/C13H13NO2S/c1-2-16-13(15)9-14-8-7-12(17)10-5-3-4-6-11(10)14/h3-8H,2,9H2,1H3. The lowest BCUT2D eigenvalue weighted by Gasteiger charge is -2.10. The molecule has 17 heavy (non-hydrogen) atoms. The molecular formula is C13H13NO2S. The molecule has 0 fully saturated rings. The van der Waals surface area contributed by atoms with Crippen LogP contribution in [0, 0.1) is 4.51 Å². The third-order valence-corrected chi connectivity index (χ3v) is 2.85. The number of aromatic nitrogens is 1. The fraction of sp³-hybridized carbons (Fsp3) is 0.231. The first-order valence-corrected chi connectivity index (χ1v) is 5.87. The highest BCUT2D eigenvalue weighted by molar-refractivity contribution is 7.71. The summed E-state index contributed by atoms with van der Waals surface area (Å²) in [5, 5.41) is 0.981. The maximum Gasteiger partial charge on any atom is 0.325 e. The molecule has 0 saturated carbocycles. The van der Waals surface area contributed by atoms with E-state index >= 15 is 0 Å². The van der Waals surface area contributed by atoms with E-state index in [9.17, 15) is 4.79 Å². The van der Waals surface area contributed by atoms with E-state index in [1.165, 1.54) is 0 Å². The van der Waals surface area contributed by atoms with Crippen LogP contribution in [-0.2, 0) is 16.1 Å². The zero-order valence-corrected chi connectivity index (χ0v) is 10.4. The molecule has 1 aromatic heterocycles. The topological polar surface area (TPSA) is 31.2 Å². The maximum absolute atomic E-state index is 11.5. The second-order valence-electron chi connectivity index (χ2n) is 3.63. The number of rotatable bonds is 3. The number of hydrogen-bond acceptors (Lipinski definition) is 3.